The van der Waals surface area contributed by atoms with Crippen LogP contribution < -0.4 is 0 Å². The van der Waals surface area contributed by atoms with Gasteiger partial charge in [-0.3, -0.25) is 0 Å². The van der Waals surface area contributed by atoms with Gasteiger partial charge in [-0.05, 0) is 57.6 Å². The fraction of sp³-hybridized carbons (Fsp3) is 0.0345. The second kappa shape index (κ2) is 7.61. The van der Waals surface area contributed by atoms with Crippen LogP contribution in [0.25, 0.3) is 44.2 Å². The van der Waals surface area contributed by atoms with Crippen LogP contribution >= 0.6 is 0 Å². The minimum absolute atomic E-state index is 0.202. The summed E-state index contributed by atoms with van der Waals surface area (Å²) < 4.78 is 14.9. The van der Waals surface area contributed by atoms with Crippen LogP contribution in [0.1, 0.15) is 5.56 Å². The van der Waals surface area contributed by atoms with Gasteiger partial charge < -0.3 is 0 Å². The van der Waals surface area contributed by atoms with E-state index < -0.39 is 0 Å². The number of hydrogen-bond donors (Lipinski definition) is 0. The molecule has 0 unspecified atom stereocenters. The highest BCUT2D eigenvalue weighted by Crippen LogP contribution is 2.31. The van der Waals surface area contributed by atoms with E-state index in [1.165, 1.54) is 16.3 Å². The predicted octanol–water partition coefficient (Wildman–Crippen LogP) is 8.29. The van der Waals surface area contributed by atoms with E-state index in [1.54, 1.807) is 6.07 Å². The van der Waals surface area contributed by atoms with Crippen molar-refractivity contribution in [3.8, 4) is 33.4 Å². The highest BCUT2D eigenvalue weighted by molar-refractivity contribution is 5.87. The van der Waals surface area contributed by atoms with Crippen LogP contribution in [0.4, 0.5) is 4.39 Å². The van der Waals surface area contributed by atoms with E-state index in [4.69, 9.17) is 0 Å². The zero-order chi connectivity index (χ0) is 20.5. The summed E-state index contributed by atoms with van der Waals surface area (Å²) in [5, 5.41) is 2.45. The SMILES string of the molecule is Cc1ccc(-c2ccc(-c3ccc(-c4ccc5ccccc5c4)cc3)c(F)c2)cc1. The Balaban J connectivity index is 1.45. The van der Waals surface area contributed by atoms with Crippen LogP contribution in [0.2, 0.25) is 0 Å². The second-order valence-corrected chi connectivity index (χ2v) is 7.70. The number of hydrogen-bond acceptors (Lipinski definition) is 0. The number of halogens is 1. The fourth-order valence-electron chi connectivity index (χ4n) is 3.89. The summed E-state index contributed by atoms with van der Waals surface area (Å²) in [5.74, 6) is -0.202. The normalized spacial score (nSPS) is 11.0. The van der Waals surface area contributed by atoms with Gasteiger partial charge in [-0.2, -0.15) is 0 Å². The Morgan fingerprint density at radius 2 is 1.00 bits per heavy atom. The number of rotatable bonds is 3. The quantitative estimate of drug-likeness (QED) is 0.292. The van der Waals surface area contributed by atoms with Gasteiger partial charge in [0.2, 0.25) is 0 Å². The van der Waals surface area contributed by atoms with Gasteiger partial charge in [0.15, 0.2) is 0 Å². The molecule has 0 aromatic heterocycles. The Kier molecular flexibility index (Phi) is 4.65. The predicted molar refractivity (Wildman–Crippen MR) is 125 cm³/mol. The molecule has 0 saturated heterocycles. The van der Waals surface area contributed by atoms with Crippen LogP contribution in [0, 0.1) is 12.7 Å². The fourth-order valence-corrected chi connectivity index (χ4v) is 3.89. The zero-order valence-corrected chi connectivity index (χ0v) is 16.8. The van der Waals surface area contributed by atoms with E-state index in [0.717, 1.165) is 27.8 Å². The molecule has 0 saturated carbocycles. The third kappa shape index (κ3) is 3.51. The summed E-state index contributed by atoms with van der Waals surface area (Å²) in [4.78, 5) is 0. The van der Waals surface area contributed by atoms with Crippen molar-refractivity contribution in [3.63, 3.8) is 0 Å². The maximum absolute atomic E-state index is 14.9. The standard InChI is InChI=1S/C29H21F/c1-20-6-8-22(9-7-20)27-16-17-28(29(30)19-27)24-13-10-23(11-14-24)26-15-12-21-4-2-3-5-25(21)18-26/h2-19H,1H3. The summed E-state index contributed by atoms with van der Waals surface area (Å²) in [5.41, 5.74) is 6.91. The molecular formula is C29H21F. The summed E-state index contributed by atoms with van der Waals surface area (Å²) in [6.45, 7) is 2.05. The third-order valence-corrected chi connectivity index (χ3v) is 5.63. The lowest BCUT2D eigenvalue weighted by molar-refractivity contribution is 0.632. The molecular weight excluding hydrogens is 367 g/mol. The summed E-state index contributed by atoms with van der Waals surface area (Å²) in [6.07, 6.45) is 0. The molecule has 5 aromatic carbocycles. The van der Waals surface area contributed by atoms with Gasteiger partial charge in [0.1, 0.15) is 5.82 Å². The summed E-state index contributed by atoms with van der Waals surface area (Å²) in [6, 6.07) is 36.6. The van der Waals surface area contributed by atoms with Crippen LogP contribution in [0.3, 0.4) is 0 Å². The first-order chi connectivity index (χ1) is 14.7. The van der Waals surface area contributed by atoms with Crippen molar-refractivity contribution in [1.29, 1.82) is 0 Å². The Hall–Kier alpha value is -3.71. The molecule has 0 aliphatic heterocycles. The molecule has 0 N–H and O–H groups in total. The van der Waals surface area contributed by atoms with Crippen LogP contribution in [0.15, 0.2) is 109 Å². The summed E-state index contributed by atoms with van der Waals surface area (Å²) >= 11 is 0. The Morgan fingerprint density at radius 1 is 0.467 bits per heavy atom. The van der Waals surface area contributed by atoms with Gasteiger partial charge in [-0.25, -0.2) is 4.39 Å². The number of benzene rings is 5. The summed E-state index contributed by atoms with van der Waals surface area (Å²) in [7, 11) is 0. The first-order valence-electron chi connectivity index (χ1n) is 10.1. The molecule has 0 amide bonds. The zero-order valence-electron chi connectivity index (χ0n) is 16.8. The van der Waals surface area contributed by atoms with Crippen molar-refractivity contribution in [2.75, 3.05) is 0 Å². The van der Waals surface area contributed by atoms with E-state index in [9.17, 15) is 4.39 Å². The van der Waals surface area contributed by atoms with Crippen molar-refractivity contribution in [3.05, 3.63) is 121 Å². The van der Waals surface area contributed by atoms with Crippen molar-refractivity contribution in [2.24, 2.45) is 0 Å². The molecule has 0 nitrogen and oxygen atoms in total. The molecule has 0 aliphatic rings. The smallest absolute Gasteiger partial charge is 0.131 e. The molecule has 0 radical (unpaired) electrons. The minimum Gasteiger partial charge on any atom is -0.206 e. The third-order valence-electron chi connectivity index (χ3n) is 5.63. The van der Waals surface area contributed by atoms with Gasteiger partial charge in [-0.15, -0.1) is 0 Å². The molecule has 5 rings (SSSR count). The van der Waals surface area contributed by atoms with E-state index >= 15 is 0 Å². The van der Waals surface area contributed by atoms with Crippen LogP contribution in [-0.2, 0) is 0 Å². The largest absolute Gasteiger partial charge is 0.206 e. The van der Waals surface area contributed by atoms with Gasteiger partial charge in [0.25, 0.3) is 0 Å². The Bertz CT molecular complexity index is 1330. The molecule has 0 atom stereocenters. The lowest BCUT2D eigenvalue weighted by Crippen LogP contribution is -1.87. The van der Waals surface area contributed by atoms with Gasteiger partial charge >= 0.3 is 0 Å². The Labute approximate surface area is 176 Å². The van der Waals surface area contributed by atoms with Crippen molar-refractivity contribution < 1.29 is 4.39 Å². The van der Waals surface area contributed by atoms with Crippen molar-refractivity contribution >= 4 is 10.8 Å². The molecule has 0 fully saturated rings. The number of aryl methyl sites for hydroxylation is 1. The van der Waals surface area contributed by atoms with E-state index in [-0.39, 0.29) is 5.82 Å². The highest BCUT2D eigenvalue weighted by atomic mass is 19.1. The first-order valence-corrected chi connectivity index (χ1v) is 10.1. The van der Waals surface area contributed by atoms with Gasteiger partial charge in [0, 0.05) is 5.56 Å². The molecule has 30 heavy (non-hydrogen) atoms. The van der Waals surface area contributed by atoms with Gasteiger partial charge in [-0.1, -0.05) is 103 Å². The van der Waals surface area contributed by atoms with Crippen LogP contribution in [-0.4, -0.2) is 0 Å². The molecule has 0 bridgehead atoms. The first kappa shape index (κ1) is 18.3. The van der Waals surface area contributed by atoms with Crippen molar-refractivity contribution in [1.82, 2.24) is 0 Å². The number of fused-ring (bicyclic) bond motifs is 1. The molecule has 1 heteroatoms. The molecule has 5 aromatic rings. The molecule has 0 aliphatic carbocycles. The lowest BCUT2D eigenvalue weighted by atomic mass is 9.96. The second-order valence-electron chi connectivity index (χ2n) is 7.70. The van der Waals surface area contributed by atoms with E-state index in [1.807, 2.05) is 48.5 Å². The minimum atomic E-state index is -0.202. The maximum atomic E-state index is 14.9. The highest BCUT2D eigenvalue weighted by Gasteiger charge is 2.08. The van der Waals surface area contributed by atoms with Crippen LogP contribution in [0.5, 0.6) is 0 Å². The monoisotopic (exact) mass is 388 g/mol. The molecule has 144 valence electrons. The topological polar surface area (TPSA) is 0 Å². The molecule has 0 spiro atoms. The van der Waals surface area contributed by atoms with E-state index in [2.05, 4.69) is 61.5 Å². The van der Waals surface area contributed by atoms with Crippen molar-refractivity contribution in [2.45, 2.75) is 6.92 Å². The average Bonchev–Trinajstić information content (AvgIpc) is 2.79. The van der Waals surface area contributed by atoms with Gasteiger partial charge in [0.05, 0.1) is 0 Å². The lowest BCUT2D eigenvalue weighted by Gasteiger charge is -2.09. The average molecular weight is 388 g/mol. The maximum Gasteiger partial charge on any atom is 0.131 e. The Morgan fingerprint density at radius 3 is 1.70 bits per heavy atom. The van der Waals surface area contributed by atoms with E-state index in [0.29, 0.717) is 5.56 Å². The molecule has 0 heterocycles.